The molecule has 0 bridgehead atoms. The second-order valence-electron chi connectivity index (χ2n) is 3.67. The molecule has 0 aliphatic carbocycles. The van der Waals surface area contributed by atoms with Gasteiger partial charge in [-0.1, -0.05) is 11.6 Å². The highest BCUT2D eigenvalue weighted by Gasteiger charge is 2.13. The SMILES string of the molecule is Nc1cc(N)c(NCCSCCCO)c(F)c1Cl. The molecule has 0 saturated heterocycles. The van der Waals surface area contributed by atoms with Gasteiger partial charge in [-0.3, -0.25) is 0 Å². The summed E-state index contributed by atoms with van der Waals surface area (Å²) >= 11 is 7.38. The van der Waals surface area contributed by atoms with Crippen molar-refractivity contribution in [1.82, 2.24) is 0 Å². The van der Waals surface area contributed by atoms with E-state index >= 15 is 0 Å². The van der Waals surface area contributed by atoms with Gasteiger partial charge in [-0.2, -0.15) is 11.8 Å². The molecule has 1 aromatic carbocycles. The van der Waals surface area contributed by atoms with Crippen molar-refractivity contribution in [2.24, 2.45) is 0 Å². The Labute approximate surface area is 115 Å². The van der Waals surface area contributed by atoms with Crippen molar-refractivity contribution in [3.05, 3.63) is 16.9 Å². The first-order chi connectivity index (χ1) is 8.57. The molecule has 0 heterocycles. The fourth-order valence-electron chi connectivity index (χ4n) is 1.36. The molecule has 0 radical (unpaired) electrons. The number of anilines is 3. The second-order valence-corrected chi connectivity index (χ2v) is 5.28. The van der Waals surface area contributed by atoms with Crippen LogP contribution in [0.4, 0.5) is 21.5 Å². The van der Waals surface area contributed by atoms with Crippen LogP contribution in [0.15, 0.2) is 6.07 Å². The van der Waals surface area contributed by atoms with Crippen LogP contribution in [0.25, 0.3) is 0 Å². The quantitative estimate of drug-likeness (QED) is 0.457. The molecule has 4 nitrogen and oxygen atoms in total. The molecule has 1 aromatic rings. The summed E-state index contributed by atoms with van der Waals surface area (Å²) in [4.78, 5) is 0. The third kappa shape index (κ3) is 4.12. The van der Waals surface area contributed by atoms with Crippen molar-refractivity contribution in [2.75, 3.05) is 41.4 Å². The molecule has 0 amide bonds. The minimum absolute atomic E-state index is 0.111. The zero-order valence-corrected chi connectivity index (χ0v) is 11.5. The van der Waals surface area contributed by atoms with Crippen LogP contribution in [0.5, 0.6) is 0 Å². The smallest absolute Gasteiger partial charge is 0.169 e. The number of hydrogen-bond donors (Lipinski definition) is 4. The summed E-state index contributed by atoms with van der Waals surface area (Å²) < 4.78 is 13.8. The Balaban J connectivity index is 2.50. The first-order valence-corrected chi connectivity index (χ1v) is 7.06. The van der Waals surface area contributed by atoms with Crippen LogP contribution < -0.4 is 16.8 Å². The maximum absolute atomic E-state index is 13.8. The highest BCUT2D eigenvalue weighted by atomic mass is 35.5. The van der Waals surface area contributed by atoms with Crippen molar-refractivity contribution in [3.8, 4) is 0 Å². The Morgan fingerprint density at radius 1 is 1.33 bits per heavy atom. The third-order valence-corrected chi connectivity index (χ3v) is 3.71. The first-order valence-electron chi connectivity index (χ1n) is 5.53. The molecule has 1 rings (SSSR count). The molecule has 0 unspecified atom stereocenters. The van der Waals surface area contributed by atoms with Crippen molar-refractivity contribution >= 4 is 40.4 Å². The van der Waals surface area contributed by atoms with Gasteiger partial charge in [0.2, 0.25) is 0 Å². The number of halogens is 2. The van der Waals surface area contributed by atoms with E-state index in [2.05, 4.69) is 5.32 Å². The molecule has 0 atom stereocenters. The highest BCUT2D eigenvalue weighted by molar-refractivity contribution is 7.99. The van der Waals surface area contributed by atoms with Crippen molar-refractivity contribution in [1.29, 1.82) is 0 Å². The maximum atomic E-state index is 13.8. The van der Waals surface area contributed by atoms with Gasteiger partial charge in [0, 0.05) is 18.9 Å². The number of aliphatic hydroxyl groups excluding tert-OH is 1. The maximum Gasteiger partial charge on any atom is 0.169 e. The Morgan fingerprint density at radius 3 is 2.72 bits per heavy atom. The molecule has 102 valence electrons. The normalized spacial score (nSPS) is 10.6. The Kier molecular flexibility index (Phi) is 6.38. The van der Waals surface area contributed by atoms with E-state index in [1.165, 1.54) is 6.07 Å². The average molecular weight is 294 g/mol. The van der Waals surface area contributed by atoms with Gasteiger partial charge in [0.05, 0.1) is 17.1 Å². The number of nitrogens with two attached hydrogens (primary N) is 2. The largest absolute Gasteiger partial charge is 0.397 e. The zero-order valence-electron chi connectivity index (χ0n) is 9.88. The summed E-state index contributed by atoms with van der Waals surface area (Å²) in [6.45, 7) is 0.757. The molecule has 0 saturated carbocycles. The molecular weight excluding hydrogens is 277 g/mol. The monoisotopic (exact) mass is 293 g/mol. The minimum atomic E-state index is -0.616. The van der Waals surface area contributed by atoms with E-state index in [-0.39, 0.29) is 28.7 Å². The van der Waals surface area contributed by atoms with E-state index in [4.69, 9.17) is 28.2 Å². The van der Waals surface area contributed by atoms with Gasteiger partial charge >= 0.3 is 0 Å². The third-order valence-electron chi connectivity index (χ3n) is 2.26. The van der Waals surface area contributed by atoms with E-state index < -0.39 is 5.82 Å². The van der Waals surface area contributed by atoms with Crippen molar-refractivity contribution < 1.29 is 9.50 Å². The molecule has 0 aliphatic rings. The highest BCUT2D eigenvalue weighted by Crippen LogP contribution is 2.33. The molecule has 0 spiro atoms. The van der Waals surface area contributed by atoms with E-state index in [1.54, 1.807) is 11.8 Å². The summed E-state index contributed by atoms with van der Waals surface area (Å²) in [6.07, 6.45) is 0.759. The number of thioether (sulfide) groups is 1. The van der Waals surface area contributed by atoms with Crippen LogP contribution in [-0.4, -0.2) is 29.8 Å². The zero-order chi connectivity index (χ0) is 13.5. The summed E-state index contributed by atoms with van der Waals surface area (Å²) in [6, 6.07) is 1.44. The lowest BCUT2D eigenvalue weighted by atomic mass is 10.2. The van der Waals surface area contributed by atoms with Gasteiger partial charge < -0.3 is 21.9 Å². The predicted molar refractivity (Wildman–Crippen MR) is 77.8 cm³/mol. The molecule has 7 heteroatoms. The van der Waals surface area contributed by atoms with Gasteiger partial charge in [0.1, 0.15) is 5.02 Å². The lowest BCUT2D eigenvalue weighted by Gasteiger charge is -2.12. The number of benzene rings is 1. The Morgan fingerprint density at radius 2 is 2.06 bits per heavy atom. The van der Waals surface area contributed by atoms with Crippen LogP contribution in [0.3, 0.4) is 0 Å². The summed E-state index contributed by atoms with van der Waals surface area (Å²) in [5.41, 5.74) is 11.7. The lowest BCUT2D eigenvalue weighted by molar-refractivity contribution is 0.296. The first kappa shape index (κ1) is 15.2. The van der Waals surface area contributed by atoms with Gasteiger partial charge in [-0.25, -0.2) is 4.39 Å². The number of rotatable bonds is 7. The van der Waals surface area contributed by atoms with Gasteiger partial charge in [0.15, 0.2) is 5.82 Å². The lowest BCUT2D eigenvalue weighted by Crippen LogP contribution is -2.10. The number of hydrogen-bond acceptors (Lipinski definition) is 5. The molecule has 0 fully saturated rings. The van der Waals surface area contributed by atoms with E-state index in [1.807, 2.05) is 0 Å². The van der Waals surface area contributed by atoms with E-state index in [0.29, 0.717) is 6.54 Å². The van der Waals surface area contributed by atoms with Crippen LogP contribution in [0.2, 0.25) is 5.02 Å². The molecule has 0 aromatic heterocycles. The van der Waals surface area contributed by atoms with E-state index in [0.717, 1.165) is 17.9 Å². The van der Waals surface area contributed by atoms with Crippen LogP contribution in [0, 0.1) is 5.82 Å². The van der Waals surface area contributed by atoms with Crippen molar-refractivity contribution in [2.45, 2.75) is 6.42 Å². The van der Waals surface area contributed by atoms with Crippen LogP contribution >= 0.6 is 23.4 Å². The van der Waals surface area contributed by atoms with Crippen LogP contribution in [0.1, 0.15) is 6.42 Å². The Hall–Kier alpha value is -0.850. The minimum Gasteiger partial charge on any atom is -0.397 e. The number of nitrogen functional groups attached to an aromatic ring is 2. The molecular formula is C11H17ClFN3OS. The summed E-state index contributed by atoms with van der Waals surface area (Å²) in [5.74, 6) is 1.05. The fourth-order valence-corrected chi connectivity index (χ4v) is 2.30. The second kappa shape index (κ2) is 7.56. The standard InChI is InChI=1S/C11H17ClFN3OS/c12-9-7(14)6-8(15)11(10(9)13)16-2-5-18-4-1-3-17/h6,16-17H,1-5,14-15H2. The fraction of sp³-hybridized carbons (Fsp3) is 0.455. The molecule has 6 N–H and O–H groups in total. The topological polar surface area (TPSA) is 84.3 Å². The van der Waals surface area contributed by atoms with E-state index in [9.17, 15) is 4.39 Å². The molecule has 0 aliphatic heterocycles. The van der Waals surface area contributed by atoms with Crippen LogP contribution in [-0.2, 0) is 0 Å². The van der Waals surface area contributed by atoms with Gasteiger partial charge in [-0.05, 0) is 18.2 Å². The predicted octanol–water partition coefficient (Wildman–Crippen LogP) is 2.17. The Bertz CT molecular complexity index is 406. The summed E-state index contributed by atoms with van der Waals surface area (Å²) in [7, 11) is 0. The van der Waals surface area contributed by atoms with Gasteiger partial charge in [0.25, 0.3) is 0 Å². The number of nitrogens with one attached hydrogen (secondary N) is 1. The van der Waals surface area contributed by atoms with Crippen molar-refractivity contribution in [3.63, 3.8) is 0 Å². The average Bonchev–Trinajstić information content (AvgIpc) is 2.34. The molecule has 18 heavy (non-hydrogen) atoms. The van der Waals surface area contributed by atoms with Gasteiger partial charge in [-0.15, -0.1) is 0 Å². The summed E-state index contributed by atoms with van der Waals surface area (Å²) in [5, 5.41) is 11.4. The number of aliphatic hydroxyl groups is 1.